The molecule has 0 radical (unpaired) electrons. The van der Waals surface area contributed by atoms with Crippen molar-refractivity contribution in [2.45, 2.75) is 77.6 Å². The summed E-state index contributed by atoms with van der Waals surface area (Å²) in [5.41, 5.74) is 2.23. The fourth-order valence-corrected chi connectivity index (χ4v) is 3.30. The molecule has 0 unspecified atom stereocenters. The highest BCUT2D eigenvalue weighted by Gasteiger charge is 2.09. The topological polar surface area (TPSA) is 33.6 Å². The fraction of sp³-hybridized carbons (Fsp3) is 0.625. The van der Waals surface area contributed by atoms with E-state index in [4.69, 9.17) is 4.74 Å². The number of allylic oxidation sites excluding steroid dienone is 2. The summed E-state index contributed by atoms with van der Waals surface area (Å²) in [5.74, 6) is 0.790. The van der Waals surface area contributed by atoms with Gasteiger partial charge in [0.1, 0.15) is 0 Å². The Kier molecular flexibility index (Phi) is 11.4. The van der Waals surface area contributed by atoms with Gasteiger partial charge in [-0.15, -0.1) is 0 Å². The predicted octanol–water partition coefficient (Wildman–Crippen LogP) is 6.74. The molecule has 1 heterocycles. The number of ether oxygens (including phenoxy) is 1. The Morgan fingerprint density at radius 2 is 1.78 bits per heavy atom. The number of nitrogens with one attached hydrogen (secondary N) is 1. The molecule has 0 aromatic heterocycles. The van der Waals surface area contributed by atoms with Crippen LogP contribution in [0.15, 0.2) is 41.4 Å². The van der Waals surface area contributed by atoms with Gasteiger partial charge in [0.15, 0.2) is 0 Å². The highest BCUT2D eigenvalue weighted by atomic mass is 16.5. The van der Waals surface area contributed by atoms with Gasteiger partial charge in [-0.05, 0) is 43.9 Å². The summed E-state index contributed by atoms with van der Waals surface area (Å²) in [6, 6.07) is 8.39. The molecule has 0 spiro atoms. The average molecular weight is 371 g/mol. The zero-order valence-corrected chi connectivity index (χ0v) is 17.2. The molecule has 0 saturated heterocycles. The summed E-state index contributed by atoms with van der Waals surface area (Å²) in [7, 11) is 0. The summed E-state index contributed by atoms with van der Waals surface area (Å²) in [4.78, 5) is 4.47. The van der Waals surface area contributed by atoms with E-state index in [1.54, 1.807) is 0 Å². The van der Waals surface area contributed by atoms with Gasteiger partial charge in [0.25, 0.3) is 0 Å². The van der Waals surface area contributed by atoms with Gasteiger partial charge in [-0.2, -0.15) is 0 Å². The third kappa shape index (κ3) is 9.65. The normalized spacial score (nSPS) is 14.2. The van der Waals surface area contributed by atoms with Crippen LogP contribution in [0.2, 0.25) is 0 Å². The van der Waals surface area contributed by atoms with Crippen molar-refractivity contribution in [1.82, 2.24) is 0 Å². The summed E-state index contributed by atoms with van der Waals surface area (Å²) in [6.07, 6.45) is 19.0. The van der Waals surface area contributed by atoms with Crippen molar-refractivity contribution in [2.24, 2.45) is 4.99 Å². The van der Waals surface area contributed by atoms with Crippen LogP contribution in [-0.4, -0.2) is 25.6 Å². The van der Waals surface area contributed by atoms with Gasteiger partial charge in [-0.3, -0.25) is 4.99 Å². The molecule has 1 N–H and O–H groups in total. The van der Waals surface area contributed by atoms with E-state index in [9.17, 15) is 0 Å². The maximum atomic E-state index is 5.65. The molecule has 2 rings (SSSR count). The van der Waals surface area contributed by atoms with E-state index in [0.29, 0.717) is 0 Å². The minimum Gasteiger partial charge on any atom is -0.477 e. The van der Waals surface area contributed by atoms with Crippen LogP contribution in [0, 0.1) is 0 Å². The molecule has 150 valence electrons. The lowest BCUT2D eigenvalue weighted by Gasteiger charge is -2.14. The van der Waals surface area contributed by atoms with Gasteiger partial charge < -0.3 is 10.1 Å². The Morgan fingerprint density at radius 1 is 1.00 bits per heavy atom. The Labute approximate surface area is 166 Å². The maximum Gasteiger partial charge on any atom is 0.216 e. The molecule has 0 amide bonds. The van der Waals surface area contributed by atoms with E-state index in [0.717, 1.165) is 56.1 Å². The lowest BCUT2D eigenvalue weighted by atomic mass is 10.1. The molecule has 0 aliphatic carbocycles. The predicted molar refractivity (Wildman–Crippen MR) is 118 cm³/mol. The van der Waals surface area contributed by atoms with Gasteiger partial charge in [-0.1, -0.05) is 63.7 Å². The standard InChI is InChI=1S/C24H38N2O/c1-2-3-4-5-6-7-8-9-10-11-12-13-18-25-23-17-14-16-22(21-23)24-26-19-15-20-27-24/h10-11,14,16-17,21,25H,2-9,12-13,15,18-20H2,1H3. The van der Waals surface area contributed by atoms with Crippen LogP contribution < -0.4 is 5.32 Å². The first-order valence-electron chi connectivity index (χ1n) is 11.1. The third-order valence-corrected chi connectivity index (χ3v) is 4.92. The van der Waals surface area contributed by atoms with Crippen LogP contribution in [0.25, 0.3) is 0 Å². The SMILES string of the molecule is CCCCCCCCCC=CCCCNc1cccc(C2=NCCCO2)c1. The first kappa shape index (κ1) is 21.5. The van der Waals surface area contributed by atoms with Crippen molar-refractivity contribution in [3.63, 3.8) is 0 Å². The molecular weight excluding hydrogens is 332 g/mol. The second-order valence-electron chi connectivity index (χ2n) is 7.42. The Bertz CT molecular complexity index is 565. The molecule has 3 heteroatoms. The van der Waals surface area contributed by atoms with Crippen LogP contribution in [0.3, 0.4) is 0 Å². The number of anilines is 1. The monoisotopic (exact) mass is 370 g/mol. The number of rotatable bonds is 14. The van der Waals surface area contributed by atoms with Crippen molar-refractivity contribution in [3.8, 4) is 0 Å². The number of nitrogens with zero attached hydrogens (tertiary/aromatic N) is 1. The summed E-state index contributed by atoms with van der Waals surface area (Å²) in [5, 5.41) is 3.52. The molecule has 1 aliphatic heterocycles. The molecule has 0 saturated carbocycles. The molecular formula is C24H38N2O. The number of hydrogen-bond acceptors (Lipinski definition) is 3. The molecule has 0 bridgehead atoms. The molecule has 0 atom stereocenters. The van der Waals surface area contributed by atoms with E-state index in [-0.39, 0.29) is 0 Å². The Hall–Kier alpha value is -1.77. The molecule has 3 nitrogen and oxygen atoms in total. The van der Waals surface area contributed by atoms with E-state index in [1.165, 1.54) is 51.4 Å². The molecule has 27 heavy (non-hydrogen) atoms. The van der Waals surface area contributed by atoms with Crippen LogP contribution in [0.5, 0.6) is 0 Å². The van der Waals surface area contributed by atoms with Crippen molar-refractivity contribution < 1.29 is 4.74 Å². The summed E-state index contributed by atoms with van der Waals surface area (Å²) >= 11 is 0. The highest BCUT2D eigenvalue weighted by molar-refractivity contribution is 5.95. The molecule has 1 aromatic rings. The van der Waals surface area contributed by atoms with E-state index >= 15 is 0 Å². The van der Waals surface area contributed by atoms with Crippen molar-refractivity contribution in [1.29, 1.82) is 0 Å². The summed E-state index contributed by atoms with van der Waals surface area (Å²) < 4.78 is 5.65. The second kappa shape index (κ2) is 14.3. The van der Waals surface area contributed by atoms with Crippen LogP contribution in [0.4, 0.5) is 5.69 Å². The van der Waals surface area contributed by atoms with Crippen molar-refractivity contribution in [2.75, 3.05) is 25.0 Å². The number of aliphatic imine (C=N–C) groups is 1. The third-order valence-electron chi connectivity index (χ3n) is 4.92. The van der Waals surface area contributed by atoms with Crippen molar-refractivity contribution in [3.05, 3.63) is 42.0 Å². The Balaban J connectivity index is 1.51. The maximum absolute atomic E-state index is 5.65. The van der Waals surface area contributed by atoms with Gasteiger partial charge in [0, 0.05) is 30.8 Å². The number of unbranched alkanes of at least 4 members (excludes halogenated alkanes) is 8. The van der Waals surface area contributed by atoms with Gasteiger partial charge >= 0.3 is 0 Å². The van der Waals surface area contributed by atoms with E-state index in [2.05, 4.69) is 53.7 Å². The first-order valence-corrected chi connectivity index (χ1v) is 11.1. The minimum absolute atomic E-state index is 0.779. The zero-order chi connectivity index (χ0) is 19.0. The summed E-state index contributed by atoms with van der Waals surface area (Å²) in [6.45, 7) is 4.93. The zero-order valence-electron chi connectivity index (χ0n) is 17.2. The Morgan fingerprint density at radius 3 is 2.56 bits per heavy atom. The quantitative estimate of drug-likeness (QED) is 0.290. The number of benzene rings is 1. The first-order chi connectivity index (χ1) is 13.4. The largest absolute Gasteiger partial charge is 0.477 e. The molecule has 0 fully saturated rings. The minimum atomic E-state index is 0.779. The van der Waals surface area contributed by atoms with Gasteiger partial charge in [0.05, 0.1) is 6.61 Å². The van der Waals surface area contributed by atoms with E-state index < -0.39 is 0 Å². The smallest absolute Gasteiger partial charge is 0.216 e. The van der Waals surface area contributed by atoms with Crippen molar-refractivity contribution >= 4 is 11.6 Å². The highest BCUT2D eigenvalue weighted by Crippen LogP contribution is 2.14. The van der Waals surface area contributed by atoms with Crippen LogP contribution >= 0.6 is 0 Å². The molecule has 1 aromatic carbocycles. The van der Waals surface area contributed by atoms with Gasteiger partial charge in [-0.25, -0.2) is 0 Å². The van der Waals surface area contributed by atoms with Crippen LogP contribution in [-0.2, 0) is 4.74 Å². The van der Waals surface area contributed by atoms with Crippen LogP contribution in [0.1, 0.15) is 83.1 Å². The average Bonchev–Trinajstić information content (AvgIpc) is 2.72. The second-order valence-corrected chi connectivity index (χ2v) is 7.42. The fourth-order valence-electron chi connectivity index (χ4n) is 3.30. The lowest BCUT2D eigenvalue weighted by molar-refractivity contribution is 0.284. The molecule has 1 aliphatic rings. The number of hydrogen-bond donors (Lipinski definition) is 1. The lowest BCUT2D eigenvalue weighted by Crippen LogP contribution is -2.15. The van der Waals surface area contributed by atoms with E-state index in [1.807, 2.05) is 0 Å². The van der Waals surface area contributed by atoms with Gasteiger partial charge in [0.2, 0.25) is 5.90 Å².